The third-order valence-corrected chi connectivity index (χ3v) is 6.76. The Labute approximate surface area is 155 Å². The maximum atomic E-state index is 6.18. The lowest BCUT2D eigenvalue weighted by molar-refractivity contribution is -0.579. The Morgan fingerprint density at radius 2 is 1.24 bits per heavy atom. The lowest BCUT2D eigenvalue weighted by Gasteiger charge is -2.51. The number of hydrogen-bond acceptors (Lipinski definition) is 4. The lowest BCUT2D eigenvalue weighted by Crippen LogP contribution is -2.58. The molecule has 4 nitrogen and oxygen atoms in total. The fraction of sp³-hybridized carbons (Fsp3) is 1.00. The Kier molecular flexibility index (Phi) is 7.95. The van der Waals surface area contributed by atoms with Crippen molar-refractivity contribution in [2.24, 2.45) is 11.3 Å². The van der Waals surface area contributed by atoms with E-state index in [4.69, 9.17) is 19.6 Å². The molecule has 0 amide bonds. The molecule has 0 N–H and O–H groups in total. The third kappa shape index (κ3) is 4.97. The van der Waals surface area contributed by atoms with E-state index in [-0.39, 0.29) is 22.5 Å². The van der Waals surface area contributed by atoms with Crippen LogP contribution in [0.3, 0.4) is 0 Å². The van der Waals surface area contributed by atoms with Gasteiger partial charge in [0.2, 0.25) is 5.79 Å². The summed E-state index contributed by atoms with van der Waals surface area (Å²) in [7, 11) is 0. The highest BCUT2D eigenvalue weighted by Crippen LogP contribution is 2.51. The van der Waals surface area contributed by atoms with Crippen molar-refractivity contribution in [2.75, 3.05) is 0 Å². The summed E-state index contributed by atoms with van der Waals surface area (Å²) in [5, 5.41) is 0. The van der Waals surface area contributed by atoms with Crippen LogP contribution in [0.1, 0.15) is 107 Å². The maximum absolute atomic E-state index is 6.18. The second-order valence-corrected chi connectivity index (χ2v) is 8.99. The Balaban J connectivity index is 3.09. The Hall–Kier alpha value is -0.160. The fourth-order valence-corrected chi connectivity index (χ4v) is 3.35. The molecule has 1 atom stereocenters. The van der Waals surface area contributed by atoms with Crippen molar-refractivity contribution in [3.63, 3.8) is 0 Å². The van der Waals surface area contributed by atoms with E-state index in [1.807, 2.05) is 0 Å². The first-order chi connectivity index (χ1) is 11.5. The van der Waals surface area contributed by atoms with Gasteiger partial charge in [0.1, 0.15) is 11.2 Å². The van der Waals surface area contributed by atoms with Gasteiger partial charge in [0.15, 0.2) is 0 Å². The quantitative estimate of drug-likeness (QED) is 0.251. The van der Waals surface area contributed by atoms with Crippen molar-refractivity contribution in [1.29, 1.82) is 0 Å². The molecular weight excluding hydrogens is 316 g/mol. The average molecular weight is 359 g/mol. The summed E-state index contributed by atoms with van der Waals surface area (Å²) in [6, 6.07) is 0. The molecule has 0 radical (unpaired) electrons. The predicted molar refractivity (Wildman–Crippen MR) is 102 cm³/mol. The van der Waals surface area contributed by atoms with Gasteiger partial charge in [0.25, 0.3) is 0 Å². The van der Waals surface area contributed by atoms with Gasteiger partial charge in [-0.2, -0.15) is 9.78 Å². The van der Waals surface area contributed by atoms with Gasteiger partial charge >= 0.3 is 0 Å². The summed E-state index contributed by atoms with van der Waals surface area (Å²) < 4.78 is 0. The van der Waals surface area contributed by atoms with Crippen LogP contribution in [0.5, 0.6) is 0 Å². The highest BCUT2D eigenvalue weighted by atomic mass is 17.3. The molecule has 1 aliphatic rings. The second-order valence-electron chi connectivity index (χ2n) is 8.99. The van der Waals surface area contributed by atoms with Gasteiger partial charge in [-0.15, -0.1) is 0 Å². The van der Waals surface area contributed by atoms with Crippen molar-refractivity contribution in [1.82, 2.24) is 0 Å². The van der Waals surface area contributed by atoms with Crippen LogP contribution >= 0.6 is 0 Å². The molecule has 0 aliphatic heterocycles. The van der Waals surface area contributed by atoms with Gasteiger partial charge < -0.3 is 0 Å². The molecule has 4 heteroatoms. The summed E-state index contributed by atoms with van der Waals surface area (Å²) in [4.78, 5) is 24.4. The third-order valence-electron chi connectivity index (χ3n) is 6.76. The highest BCUT2D eigenvalue weighted by molar-refractivity contribution is 4.94. The lowest BCUT2D eigenvalue weighted by atomic mass is 9.67. The Bertz CT molecular complexity index is 375. The average Bonchev–Trinajstić information content (AvgIpc) is 2.60. The Morgan fingerprint density at radius 3 is 1.56 bits per heavy atom. The zero-order chi connectivity index (χ0) is 19.4. The largest absolute Gasteiger partial charge is 0.241 e. The molecule has 1 rings (SSSR count). The van der Waals surface area contributed by atoms with Crippen LogP contribution in [-0.2, 0) is 19.6 Å². The van der Waals surface area contributed by atoms with Gasteiger partial charge in [0.05, 0.1) is 0 Å². The van der Waals surface area contributed by atoms with Crippen LogP contribution in [0.4, 0.5) is 0 Å². The minimum Gasteiger partial charge on any atom is -0.227 e. The normalized spacial score (nSPS) is 23.6. The van der Waals surface area contributed by atoms with E-state index in [1.165, 1.54) is 6.42 Å². The van der Waals surface area contributed by atoms with Gasteiger partial charge in [-0.25, -0.2) is 9.78 Å². The van der Waals surface area contributed by atoms with E-state index in [0.717, 1.165) is 38.5 Å². The SMILES string of the molecule is CCC(C)(CC)OOC1(OOC(C)(CC)CC)C(C)CCCC1(C)C. The van der Waals surface area contributed by atoms with Crippen LogP contribution in [0, 0.1) is 11.3 Å². The minimum absolute atomic E-state index is 0.187. The van der Waals surface area contributed by atoms with Crippen LogP contribution < -0.4 is 0 Å². The molecule has 0 spiro atoms. The first kappa shape index (κ1) is 22.9. The van der Waals surface area contributed by atoms with Crippen LogP contribution in [0.2, 0.25) is 0 Å². The molecule has 25 heavy (non-hydrogen) atoms. The molecule has 0 heterocycles. The first-order valence-electron chi connectivity index (χ1n) is 10.3. The molecule has 0 bridgehead atoms. The van der Waals surface area contributed by atoms with Crippen LogP contribution in [0.25, 0.3) is 0 Å². The molecule has 1 unspecified atom stereocenters. The summed E-state index contributed by atoms with van der Waals surface area (Å²) in [5.74, 6) is -0.713. The van der Waals surface area contributed by atoms with Crippen LogP contribution in [0.15, 0.2) is 0 Å². The highest BCUT2D eigenvalue weighted by Gasteiger charge is 2.57. The smallest absolute Gasteiger partial charge is 0.227 e. The molecular formula is C21H42O4. The molecule has 0 aromatic rings. The zero-order valence-electron chi connectivity index (χ0n) is 18.2. The number of rotatable bonds is 10. The summed E-state index contributed by atoms with van der Waals surface area (Å²) >= 11 is 0. The fourth-order valence-electron chi connectivity index (χ4n) is 3.35. The first-order valence-corrected chi connectivity index (χ1v) is 10.3. The van der Waals surface area contributed by atoms with E-state index < -0.39 is 5.79 Å². The van der Waals surface area contributed by atoms with E-state index >= 15 is 0 Å². The molecule has 1 fully saturated rings. The standard InChI is InChI=1S/C21H42O4/c1-10-19(8,11-2)22-24-21(25-23-20(9,12-3)13-4)17(5)15-14-16-18(21,6)7/h17H,10-16H2,1-9H3. The molecule has 150 valence electrons. The summed E-state index contributed by atoms with van der Waals surface area (Å²) in [5.41, 5.74) is -0.833. The van der Waals surface area contributed by atoms with E-state index in [9.17, 15) is 0 Å². The molecule has 0 aromatic carbocycles. The molecule has 1 aliphatic carbocycles. The predicted octanol–water partition coefficient (Wildman–Crippen LogP) is 6.58. The summed E-state index contributed by atoms with van der Waals surface area (Å²) in [6.07, 6.45) is 6.77. The maximum Gasteiger partial charge on any atom is 0.241 e. The monoisotopic (exact) mass is 358 g/mol. The second kappa shape index (κ2) is 8.69. The molecule has 0 aromatic heterocycles. The number of hydrogen-bond donors (Lipinski definition) is 0. The van der Waals surface area contributed by atoms with Crippen molar-refractivity contribution in [3.05, 3.63) is 0 Å². The van der Waals surface area contributed by atoms with Gasteiger partial charge in [-0.3, -0.25) is 0 Å². The van der Waals surface area contributed by atoms with Gasteiger partial charge in [-0.05, 0) is 52.4 Å². The van der Waals surface area contributed by atoms with Crippen molar-refractivity contribution in [3.8, 4) is 0 Å². The van der Waals surface area contributed by atoms with Crippen molar-refractivity contribution in [2.45, 2.75) is 124 Å². The van der Waals surface area contributed by atoms with Crippen molar-refractivity contribution >= 4 is 0 Å². The van der Waals surface area contributed by atoms with Crippen LogP contribution in [-0.4, -0.2) is 17.0 Å². The van der Waals surface area contributed by atoms with Gasteiger partial charge in [0, 0.05) is 11.3 Å². The van der Waals surface area contributed by atoms with E-state index in [0.29, 0.717) is 0 Å². The minimum atomic E-state index is -0.900. The zero-order valence-corrected chi connectivity index (χ0v) is 18.2. The topological polar surface area (TPSA) is 36.9 Å². The summed E-state index contributed by atoms with van der Waals surface area (Å²) in [6.45, 7) is 19.2. The van der Waals surface area contributed by atoms with Gasteiger partial charge in [-0.1, -0.05) is 54.9 Å². The molecule has 1 saturated carbocycles. The Morgan fingerprint density at radius 1 is 0.840 bits per heavy atom. The molecule has 0 saturated heterocycles. The van der Waals surface area contributed by atoms with E-state index in [2.05, 4.69) is 62.3 Å². The van der Waals surface area contributed by atoms with E-state index in [1.54, 1.807) is 0 Å². The van der Waals surface area contributed by atoms with Crippen molar-refractivity contribution < 1.29 is 19.6 Å².